The van der Waals surface area contributed by atoms with Crippen LogP contribution in [0.15, 0.2) is 66.9 Å². The van der Waals surface area contributed by atoms with Crippen LogP contribution in [0.25, 0.3) is 28.2 Å². The fourth-order valence-corrected chi connectivity index (χ4v) is 2.69. The topological polar surface area (TPSA) is 80.1 Å². The maximum atomic E-state index is 13.1. The summed E-state index contributed by atoms with van der Waals surface area (Å²) in [5.74, 6) is 0.0526. The van der Waals surface area contributed by atoms with Gasteiger partial charge in [0.15, 0.2) is 11.5 Å². The van der Waals surface area contributed by atoms with E-state index in [0.29, 0.717) is 22.6 Å². The number of benzene rings is 2. The van der Waals surface area contributed by atoms with Crippen molar-refractivity contribution in [3.63, 3.8) is 0 Å². The van der Waals surface area contributed by atoms with Gasteiger partial charge in [0, 0.05) is 17.3 Å². The Balaban J connectivity index is 1.92. The van der Waals surface area contributed by atoms with Gasteiger partial charge in [-0.1, -0.05) is 30.3 Å². The minimum Gasteiger partial charge on any atom is -0.384 e. The summed E-state index contributed by atoms with van der Waals surface area (Å²) in [5, 5.41) is 12.3. The summed E-state index contributed by atoms with van der Waals surface area (Å²) in [6, 6.07) is 17.6. The predicted octanol–water partition coefficient (Wildman–Crippen LogP) is 3.49. The molecule has 3 N–H and O–H groups in total. The molecule has 0 bridgehead atoms. The first-order valence-electron chi connectivity index (χ1n) is 7.68. The van der Waals surface area contributed by atoms with Gasteiger partial charge in [0.1, 0.15) is 11.7 Å². The van der Waals surface area contributed by atoms with Crippen LogP contribution in [-0.2, 0) is 0 Å². The Morgan fingerprint density at radius 2 is 1.68 bits per heavy atom. The number of fused-ring (bicyclic) bond motifs is 1. The van der Waals surface area contributed by atoms with E-state index in [0.717, 1.165) is 11.1 Å². The molecule has 2 aromatic carbocycles. The van der Waals surface area contributed by atoms with E-state index in [1.54, 1.807) is 16.6 Å². The molecule has 25 heavy (non-hydrogen) atoms. The molecule has 0 radical (unpaired) electrons. The van der Waals surface area contributed by atoms with E-state index in [1.807, 2.05) is 42.6 Å². The highest BCUT2D eigenvalue weighted by molar-refractivity contribution is 6.01. The van der Waals surface area contributed by atoms with Gasteiger partial charge in [0.05, 0.1) is 5.56 Å². The van der Waals surface area contributed by atoms with Crippen molar-refractivity contribution in [3.8, 4) is 22.5 Å². The second kappa shape index (κ2) is 5.83. The van der Waals surface area contributed by atoms with Crippen molar-refractivity contribution in [2.45, 2.75) is 0 Å². The summed E-state index contributed by atoms with van der Waals surface area (Å²) in [6.45, 7) is 0. The molecule has 0 amide bonds. The summed E-state index contributed by atoms with van der Waals surface area (Å²) in [4.78, 5) is 4.48. The van der Waals surface area contributed by atoms with E-state index in [1.165, 1.54) is 12.1 Å². The quantitative estimate of drug-likeness (QED) is 0.445. The van der Waals surface area contributed by atoms with Crippen LogP contribution in [0.1, 0.15) is 5.56 Å². The van der Waals surface area contributed by atoms with Gasteiger partial charge in [0.2, 0.25) is 0 Å². The number of aromatic nitrogens is 3. The average molecular weight is 331 g/mol. The molecule has 0 saturated carbocycles. The maximum Gasteiger partial charge on any atom is 0.182 e. The van der Waals surface area contributed by atoms with Crippen LogP contribution >= 0.6 is 0 Å². The Morgan fingerprint density at radius 3 is 2.36 bits per heavy atom. The van der Waals surface area contributed by atoms with Crippen molar-refractivity contribution in [2.24, 2.45) is 5.73 Å². The van der Waals surface area contributed by atoms with Gasteiger partial charge in [-0.05, 0) is 35.9 Å². The smallest absolute Gasteiger partial charge is 0.182 e. The molecule has 2 aromatic heterocycles. The summed E-state index contributed by atoms with van der Waals surface area (Å²) >= 11 is 0. The molecule has 0 aliphatic carbocycles. The zero-order valence-electron chi connectivity index (χ0n) is 13.1. The number of halogens is 1. The van der Waals surface area contributed by atoms with E-state index in [9.17, 15) is 4.39 Å². The van der Waals surface area contributed by atoms with Gasteiger partial charge in [0.25, 0.3) is 0 Å². The second-order valence-corrected chi connectivity index (χ2v) is 5.63. The number of hydrogen-bond donors (Lipinski definition) is 2. The largest absolute Gasteiger partial charge is 0.384 e. The van der Waals surface area contributed by atoms with E-state index in [-0.39, 0.29) is 11.7 Å². The fourth-order valence-electron chi connectivity index (χ4n) is 2.69. The molecule has 0 aliphatic heterocycles. The van der Waals surface area contributed by atoms with Crippen molar-refractivity contribution in [3.05, 3.63) is 78.2 Å². The lowest BCUT2D eigenvalue weighted by molar-refractivity contribution is 0.628. The van der Waals surface area contributed by atoms with Crippen molar-refractivity contribution in [1.82, 2.24) is 14.6 Å². The maximum absolute atomic E-state index is 13.1. The monoisotopic (exact) mass is 331 g/mol. The van der Waals surface area contributed by atoms with Crippen LogP contribution in [0, 0.1) is 11.2 Å². The van der Waals surface area contributed by atoms with Gasteiger partial charge < -0.3 is 5.73 Å². The van der Waals surface area contributed by atoms with Gasteiger partial charge in [-0.2, -0.15) is 0 Å². The molecular formula is C19H14FN5. The number of nitrogens with two attached hydrogens (primary N) is 1. The first-order chi connectivity index (χ1) is 12.1. The summed E-state index contributed by atoms with van der Waals surface area (Å²) in [5.41, 5.74) is 9.31. The van der Waals surface area contributed by atoms with Gasteiger partial charge in [-0.15, -0.1) is 5.10 Å². The van der Waals surface area contributed by atoms with E-state index < -0.39 is 0 Å². The third-order valence-electron chi connectivity index (χ3n) is 3.93. The standard InChI is InChI=1S/C19H14FN5/c20-15-8-6-13(7-9-15)18-23-19-16(17(21)22)10-14(11-25(19)24-18)12-4-2-1-3-5-12/h1-11H,(H3,21,22). The first-order valence-corrected chi connectivity index (χ1v) is 7.68. The highest BCUT2D eigenvalue weighted by Gasteiger charge is 2.14. The molecule has 0 saturated heterocycles. The van der Waals surface area contributed by atoms with Crippen molar-refractivity contribution in [2.75, 3.05) is 0 Å². The molecule has 6 heteroatoms. The van der Waals surface area contributed by atoms with Gasteiger partial charge in [-0.25, -0.2) is 13.9 Å². The normalized spacial score (nSPS) is 10.9. The molecule has 0 spiro atoms. The van der Waals surface area contributed by atoms with Crippen LogP contribution < -0.4 is 5.73 Å². The number of pyridine rings is 1. The molecule has 122 valence electrons. The molecule has 0 aliphatic rings. The van der Waals surface area contributed by atoms with Crippen LogP contribution in [0.4, 0.5) is 4.39 Å². The van der Waals surface area contributed by atoms with Crippen molar-refractivity contribution >= 4 is 11.5 Å². The van der Waals surface area contributed by atoms with Crippen LogP contribution in [-0.4, -0.2) is 20.4 Å². The second-order valence-electron chi connectivity index (χ2n) is 5.63. The molecule has 4 aromatic rings. The summed E-state index contributed by atoms with van der Waals surface area (Å²) < 4.78 is 14.7. The molecular weight excluding hydrogens is 317 g/mol. The SMILES string of the molecule is N=C(N)c1cc(-c2ccccc2)cn2nc(-c3ccc(F)cc3)nc12. The molecule has 5 nitrogen and oxygen atoms in total. The molecule has 0 atom stereocenters. The summed E-state index contributed by atoms with van der Waals surface area (Å²) in [6.07, 6.45) is 1.84. The lowest BCUT2D eigenvalue weighted by atomic mass is 10.1. The fraction of sp³-hybridized carbons (Fsp3) is 0. The molecule has 0 fully saturated rings. The Bertz CT molecular complexity index is 1070. The Kier molecular flexibility index (Phi) is 3.50. The minimum absolute atomic E-state index is 0.0826. The number of nitrogen functional groups attached to an aromatic ring is 1. The molecule has 2 heterocycles. The predicted molar refractivity (Wildman–Crippen MR) is 94.8 cm³/mol. The van der Waals surface area contributed by atoms with Crippen molar-refractivity contribution < 1.29 is 4.39 Å². The number of rotatable bonds is 3. The van der Waals surface area contributed by atoms with E-state index in [4.69, 9.17) is 11.1 Å². The zero-order valence-corrected chi connectivity index (χ0v) is 13.1. The lowest BCUT2D eigenvalue weighted by Gasteiger charge is -2.06. The summed E-state index contributed by atoms with van der Waals surface area (Å²) in [7, 11) is 0. The van der Waals surface area contributed by atoms with Gasteiger partial charge >= 0.3 is 0 Å². The number of nitrogens with one attached hydrogen (secondary N) is 1. The third-order valence-corrected chi connectivity index (χ3v) is 3.93. The Hall–Kier alpha value is -3.54. The number of hydrogen-bond acceptors (Lipinski definition) is 3. The number of amidine groups is 1. The van der Waals surface area contributed by atoms with Crippen LogP contribution in [0.5, 0.6) is 0 Å². The highest BCUT2D eigenvalue weighted by atomic mass is 19.1. The van der Waals surface area contributed by atoms with Crippen molar-refractivity contribution in [1.29, 1.82) is 5.41 Å². The average Bonchev–Trinajstić information content (AvgIpc) is 3.06. The number of nitrogens with zero attached hydrogens (tertiary/aromatic N) is 3. The first kappa shape index (κ1) is 15.0. The highest BCUT2D eigenvalue weighted by Crippen LogP contribution is 2.24. The minimum atomic E-state index is -0.316. The molecule has 0 unspecified atom stereocenters. The zero-order chi connectivity index (χ0) is 17.4. The van der Waals surface area contributed by atoms with Crippen LogP contribution in [0.3, 0.4) is 0 Å². The van der Waals surface area contributed by atoms with Gasteiger partial charge in [-0.3, -0.25) is 5.41 Å². The lowest BCUT2D eigenvalue weighted by Crippen LogP contribution is -2.13. The van der Waals surface area contributed by atoms with Crippen LogP contribution in [0.2, 0.25) is 0 Å². The van der Waals surface area contributed by atoms with E-state index >= 15 is 0 Å². The Morgan fingerprint density at radius 1 is 0.960 bits per heavy atom. The van der Waals surface area contributed by atoms with E-state index in [2.05, 4.69) is 10.1 Å². The third kappa shape index (κ3) is 2.74. The molecule has 4 rings (SSSR count). The Labute approximate surface area is 143 Å².